The van der Waals surface area contributed by atoms with Gasteiger partial charge in [0.1, 0.15) is 11.4 Å². The molecule has 176 valence electrons. The Hall–Kier alpha value is -3.00. The third-order valence-electron chi connectivity index (χ3n) is 7.43. The number of amides is 1. The Balaban J connectivity index is 1.38. The smallest absolute Gasteiger partial charge is 0.258 e. The standard InChI is InChI=1S/C26H29N5O2S/c1-34-24-13-18(27)17(14-28-24)26(33)30-11-10-22-25-19(4-2-3-5-21(25)30)29-31(22)20-9-8-16(12-23(20)32)15-6-7-15/h8-9,12-15,21,32H,2-7,10-11H2,1H3,(H2,27,28). The molecule has 1 atom stereocenters. The van der Waals surface area contributed by atoms with Gasteiger partial charge in [0.05, 0.1) is 28.0 Å². The number of hydrogen-bond acceptors (Lipinski definition) is 6. The molecule has 3 aliphatic rings. The molecule has 0 spiro atoms. The molecule has 1 saturated carbocycles. The van der Waals surface area contributed by atoms with Gasteiger partial charge in [-0.25, -0.2) is 9.67 Å². The Morgan fingerprint density at radius 3 is 2.76 bits per heavy atom. The number of phenols is 1. The van der Waals surface area contributed by atoms with E-state index in [1.807, 2.05) is 28.0 Å². The van der Waals surface area contributed by atoms with Crippen LogP contribution in [0.3, 0.4) is 0 Å². The number of anilines is 1. The van der Waals surface area contributed by atoms with Crippen molar-refractivity contribution in [1.29, 1.82) is 0 Å². The van der Waals surface area contributed by atoms with Crippen LogP contribution in [0.2, 0.25) is 0 Å². The van der Waals surface area contributed by atoms with Crippen molar-refractivity contribution in [2.75, 3.05) is 18.5 Å². The summed E-state index contributed by atoms with van der Waals surface area (Å²) in [6, 6.07) is 7.76. The third-order valence-corrected chi connectivity index (χ3v) is 8.07. The molecule has 2 aliphatic carbocycles. The lowest BCUT2D eigenvalue weighted by atomic mass is 9.93. The number of carbonyl (C=O) groups excluding carboxylic acids is 1. The monoisotopic (exact) mass is 475 g/mol. The van der Waals surface area contributed by atoms with Crippen LogP contribution in [0.5, 0.6) is 5.75 Å². The summed E-state index contributed by atoms with van der Waals surface area (Å²) in [6.07, 6.45) is 10.5. The summed E-state index contributed by atoms with van der Waals surface area (Å²) in [5.41, 5.74) is 12.4. The number of nitrogen functional groups attached to an aromatic ring is 1. The third kappa shape index (κ3) is 3.55. The first-order chi connectivity index (χ1) is 16.5. The number of carbonyl (C=O) groups is 1. The Labute approximate surface area is 203 Å². The van der Waals surface area contributed by atoms with Crippen LogP contribution >= 0.6 is 11.8 Å². The molecule has 6 rings (SSSR count). The normalized spacial score (nSPS) is 19.6. The summed E-state index contributed by atoms with van der Waals surface area (Å²) in [5, 5.41) is 16.6. The number of aryl methyl sites for hydroxylation is 1. The fraction of sp³-hybridized carbons (Fsp3) is 0.423. The predicted octanol–water partition coefficient (Wildman–Crippen LogP) is 4.62. The largest absolute Gasteiger partial charge is 0.506 e. The molecule has 3 heterocycles. The second-order valence-corrected chi connectivity index (χ2v) is 10.4. The average Bonchev–Trinajstić information content (AvgIpc) is 3.65. The molecule has 0 saturated heterocycles. The average molecular weight is 476 g/mol. The van der Waals surface area contributed by atoms with E-state index in [1.54, 1.807) is 12.3 Å². The van der Waals surface area contributed by atoms with E-state index >= 15 is 0 Å². The van der Waals surface area contributed by atoms with Gasteiger partial charge in [0, 0.05) is 30.4 Å². The SMILES string of the molecule is CSc1cc(N)c(C(=O)N2CCc3c4c(nn3-c3ccc(C5CC5)cc3O)CCCCC42)cn1. The highest BCUT2D eigenvalue weighted by Gasteiger charge is 2.38. The number of phenolic OH excluding ortho intramolecular Hbond substituents is 1. The number of aromatic nitrogens is 3. The minimum atomic E-state index is -0.0643. The molecule has 8 heteroatoms. The Kier molecular flexibility index (Phi) is 5.28. The molecule has 0 bridgehead atoms. The van der Waals surface area contributed by atoms with Crippen molar-refractivity contribution in [3.8, 4) is 11.4 Å². The van der Waals surface area contributed by atoms with Crippen LogP contribution in [0.15, 0.2) is 35.5 Å². The van der Waals surface area contributed by atoms with Crippen molar-refractivity contribution in [3.05, 3.63) is 58.5 Å². The van der Waals surface area contributed by atoms with E-state index in [1.165, 1.54) is 30.2 Å². The molecule has 1 unspecified atom stereocenters. The molecule has 3 aromatic rings. The fourth-order valence-corrected chi connectivity index (χ4v) is 5.93. The number of benzene rings is 1. The van der Waals surface area contributed by atoms with Crippen molar-refractivity contribution in [1.82, 2.24) is 19.7 Å². The molecule has 1 aliphatic heterocycles. The fourth-order valence-electron chi connectivity index (χ4n) is 5.52. The number of nitrogens with zero attached hydrogens (tertiary/aromatic N) is 4. The van der Waals surface area contributed by atoms with Crippen LogP contribution in [0, 0.1) is 0 Å². The summed E-state index contributed by atoms with van der Waals surface area (Å²) in [4.78, 5) is 20.0. The van der Waals surface area contributed by atoms with E-state index in [4.69, 9.17) is 10.8 Å². The van der Waals surface area contributed by atoms with Crippen molar-refractivity contribution in [3.63, 3.8) is 0 Å². The van der Waals surface area contributed by atoms with Crippen LogP contribution in [0.4, 0.5) is 5.69 Å². The van der Waals surface area contributed by atoms with Gasteiger partial charge >= 0.3 is 0 Å². The maximum Gasteiger partial charge on any atom is 0.258 e. The molecule has 34 heavy (non-hydrogen) atoms. The molecule has 1 fully saturated rings. The van der Waals surface area contributed by atoms with Gasteiger partial charge in [0.25, 0.3) is 5.91 Å². The van der Waals surface area contributed by atoms with Crippen molar-refractivity contribution in [2.45, 2.75) is 61.9 Å². The molecule has 0 radical (unpaired) electrons. The van der Waals surface area contributed by atoms with Crippen LogP contribution in [-0.4, -0.2) is 43.5 Å². The van der Waals surface area contributed by atoms with Crippen LogP contribution in [0.1, 0.15) is 76.9 Å². The lowest BCUT2D eigenvalue weighted by molar-refractivity contribution is 0.0649. The van der Waals surface area contributed by atoms with Crippen molar-refractivity contribution >= 4 is 23.4 Å². The molecule has 1 aromatic carbocycles. The summed E-state index contributed by atoms with van der Waals surface area (Å²) in [5.74, 6) is 0.801. The zero-order valence-electron chi connectivity index (χ0n) is 19.3. The number of aromatic hydroxyl groups is 1. The maximum atomic E-state index is 13.6. The first-order valence-electron chi connectivity index (χ1n) is 12.1. The van der Waals surface area contributed by atoms with Crippen molar-refractivity contribution in [2.24, 2.45) is 0 Å². The first kappa shape index (κ1) is 21.5. The van der Waals surface area contributed by atoms with E-state index in [0.717, 1.165) is 53.3 Å². The predicted molar refractivity (Wildman–Crippen MR) is 133 cm³/mol. The maximum absolute atomic E-state index is 13.6. The van der Waals surface area contributed by atoms with Gasteiger partial charge in [-0.1, -0.05) is 12.5 Å². The van der Waals surface area contributed by atoms with Crippen molar-refractivity contribution < 1.29 is 9.90 Å². The van der Waals surface area contributed by atoms with E-state index in [9.17, 15) is 9.90 Å². The summed E-state index contributed by atoms with van der Waals surface area (Å²) >= 11 is 1.51. The van der Waals surface area contributed by atoms with Gasteiger partial charge in [-0.05, 0) is 68.0 Å². The second kappa shape index (κ2) is 8.34. The van der Waals surface area contributed by atoms with E-state index < -0.39 is 0 Å². The van der Waals surface area contributed by atoms with Gasteiger partial charge in [0.15, 0.2) is 0 Å². The molecular weight excluding hydrogens is 446 g/mol. The Morgan fingerprint density at radius 2 is 2.03 bits per heavy atom. The highest BCUT2D eigenvalue weighted by molar-refractivity contribution is 7.98. The highest BCUT2D eigenvalue weighted by atomic mass is 32.2. The molecule has 3 N–H and O–H groups in total. The van der Waals surface area contributed by atoms with Gasteiger partial charge < -0.3 is 15.7 Å². The molecule has 1 amide bonds. The molecule has 7 nitrogen and oxygen atoms in total. The van der Waals surface area contributed by atoms with Gasteiger partial charge in [-0.15, -0.1) is 11.8 Å². The highest BCUT2D eigenvalue weighted by Crippen LogP contribution is 2.44. The first-order valence-corrected chi connectivity index (χ1v) is 13.3. The van der Waals surface area contributed by atoms with Crippen LogP contribution < -0.4 is 5.73 Å². The van der Waals surface area contributed by atoms with E-state index in [2.05, 4.69) is 11.1 Å². The Morgan fingerprint density at radius 1 is 1.18 bits per heavy atom. The quantitative estimate of drug-likeness (QED) is 0.535. The lowest BCUT2D eigenvalue weighted by Gasteiger charge is -2.36. The number of rotatable bonds is 4. The van der Waals surface area contributed by atoms with Gasteiger partial charge in [-0.3, -0.25) is 4.79 Å². The minimum absolute atomic E-state index is 0.0324. The molecule has 2 aromatic heterocycles. The van der Waals surface area contributed by atoms with E-state index in [0.29, 0.717) is 30.1 Å². The molecular formula is C26H29N5O2S. The zero-order chi connectivity index (χ0) is 23.4. The zero-order valence-corrected chi connectivity index (χ0v) is 20.1. The minimum Gasteiger partial charge on any atom is -0.506 e. The van der Waals surface area contributed by atoms with Gasteiger partial charge in [0.2, 0.25) is 0 Å². The van der Waals surface area contributed by atoms with Crippen LogP contribution in [0.25, 0.3) is 5.69 Å². The Bertz CT molecular complexity index is 1280. The van der Waals surface area contributed by atoms with Crippen LogP contribution in [-0.2, 0) is 12.8 Å². The summed E-state index contributed by atoms with van der Waals surface area (Å²) < 4.78 is 1.93. The summed E-state index contributed by atoms with van der Waals surface area (Å²) in [7, 11) is 0. The van der Waals surface area contributed by atoms with E-state index in [-0.39, 0.29) is 17.7 Å². The summed E-state index contributed by atoms with van der Waals surface area (Å²) in [6.45, 7) is 0.590. The van der Waals surface area contributed by atoms with Gasteiger partial charge in [-0.2, -0.15) is 5.10 Å². The number of hydrogen-bond donors (Lipinski definition) is 2. The lowest BCUT2D eigenvalue weighted by Crippen LogP contribution is -2.40. The number of pyridine rings is 1. The topological polar surface area (TPSA) is 97.3 Å². The number of thioether (sulfide) groups is 1. The number of nitrogens with two attached hydrogens (primary N) is 1. The second-order valence-electron chi connectivity index (χ2n) is 9.57.